The van der Waals surface area contributed by atoms with Crippen molar-refractivity contribution < 1.29 is 22.7 Å². The molecule has 2 N–H and O–H groups in total. The Kier molecular flexibility index (Phi) is 5.85. The molecule has 0 aromatic heterocycles. The molecular formula is C17H14BrClN2O5S. The first-order valence-electron chi connectivity index (χ1n) is 7.75. The highest BCUT2D eigenvalue weighted by Gasteiger charge is 2.37. The third kappa shape index (κ3) is 4.67. The Morgan fingerprint density at radius 2 is 1.93 bits per heavy atom. The van der Waals surface area contributed by atoms with Gasteiger partial charge in [-0.05, 0) is 35.9 Å². The van der Waals surface area contributed by atoms with Gasteiger partial charge in [0.1, 0.15) is 6.61 Å². The van der Waals surface area contributed by atoms with E-state index in [-0.39, 0.29) is 11.5 Å². The van der Waals surface area contributed by atoms with Crippen molar-refractivity contribution in [2.75, 3.05) is 6.61 Å². The summed E-state index contributed by atoms with van der Waals surface area (Å²) in [4.78, 5) is 24.3. The molecule has 10 heteroatoms. The molecule has 142 valence electrons. The number of nitrogens with one attached hydrogen (secondary N) is 2. The highest BCUT2D eigenvalue weighted by atomic mass is 79.9. The van der Waals surface area contributed by atoms with E-state index in [9.17, 15) is 18.0 Å². The van der Waals surface area contributed by atoms with E-state index in [2.05, 4.69) is 21.2 Å². The molecular weight excluding hydrogens is 460 g/mol. The molecule has 1 aliphatic rings. The van der Waals surface area contributed by atoms with E-state index in [1.165, 1.54) is 18.2 Å². The Labute approximate surface area is 169 Å². The van der Waals surface area contributed by atoms with Crippen LogP contribution in [0.1, 0.15) is 11.6 Å². The van der Waals surface area contributed by atoms with E-state index >= 15 is 0 Å². The number of benzene rings is 2. The summed E-state index contributed by atoms with van der Waals surface area (Å²) in [7, 11) is -4.10. The van der Waals surface area contributed by atoms with Gasteiger partial charge in [-0.2, -0.15) is 0 Å². The van der Waals surface area contributed by atoms with Gasteiger partial charge in [0.15, 0.2) is 6.10 Å². The second kappa shape index (κ2) is 7.97. The van der Waals surface area contributed by atoms with Gasteiger partial charge in [-0.25, -0.2) is 13.1 Å². The van der Waals surface area contributed by atoms with Crippen LogP contribution in [0.3, 0.4) is 0 Å². The van der Waals surface area contributed by atoms with Crippen LogP contribution in [0.2, 0.25) is 5.02 Å². The van der Waals surface area contributed by atoms with Crippen LogP contribution in [-0.2, 0) is 24.3 Å². The molecule has 2 amide bonds. The largest absolute Gasteiger partial charge is 0.356 e. The number of hydrogen-bond donors (Lipinski definition) is 2. The van der Waals surface area contributed by atoms with Gasteiger partial charge >= 0.3 is 0 Å². The van der Waals surface area contributed by atoms with E-state index in [1.807, 2.05) is 4.72 Å². The molecule has 1 aliphatic heterocycles. The SMILES string of the molecule is O=C1CO[C@@H](C(=O)NS(=O)(=O)c2cccc(Br)c2)[C@@H](c2ccc(Cl)cc2)N1. The first kappa shape index (κ1) is 19.8. The second-order valence-corrected chi connectivity index (χ2v) is 8.79. The molecule has 1 saturated heterocycles. The van der Waals surface area contributed by atoms with Crippen molar-refractivity contribution in [3.63, 3.8) is 0 Å². The highest BCUT2D eigenvalue weighted by molar-refractivity contribution is 9.10. The quantitative estimate of drug-likeness (QED) is 0.709. The lowest BCUT2D eigenvalue weighted by Crippen LogP contribution is -2.53. The number of carbonyl (C=O) groups excluding carboxylic acids is 2. The van der Waals surface area contributed by atoms with Crippen LogP contribution in [0.5, 0.6) is 0 Å². The average molecular weight is 474 g/mol. The number of halogens is 2. The minimum Gasteiger partial charge on any atom is -0.356 e. The van der Waals surface area contributed by atoms with Gasteiger partial charge in [-0.3, -0.25) is 9.59 Å². The van der Waals surface area contributed by atoms with Crippen molar-refractivity contribution in [3.05, 3.63) is 63.6 Å². The zero-order valence-electron chi connectivity index (χ0n) is 13.7. The fourth-order valence-electron chi connectivity index (χ4n) is 2.59. The summed E-state index contributed by atoms with van der Waals surface area (Å²) in [5.74, 6) is -1.29. The Balaban J connectivity index is 1.85. The van der Waals surface area contributed by atoms with Gasteiger partial charge in [0.25, 0.3) is 15.9 Å². The summed E-state index contributed by atoms with van der Waals surface area (Å²) in [5.41, 5.74) is 0.562. The number of sulfonamides is 1. The average Bonchev–Trinajstić information content (AvgIpc) is 2.62. The predicted molar refractivity (Wildman–Crippen MR) is 102 cm³/mol. The zero-order valence-corrected chi connectivity index (χ0v) is 16.8. The first-order valence-corrected chi connectivity index (χ1v) is 10.4. The van der Waals surface area contributed by atoms with E-state index in [0.29, 0.717) is 15.1 Å². The zero-order chi connectivity index (χ0) is 19.6. The molecule has 1 heterocycles. The molecule has 2 atom stereocenters. The van der Waals surface area contributed by atoms with Crippen LogP contribution >= 0.6 is 27.5 Å². The summed E-state index contributed by atoms with van der Waals surface area (Å²) in [5, 5.41) is 3.13. The monoisotopic (exact) mass is 472 g/mol. The molecule has 27 heavy (non-hydrogen) atoms. The summed E-state index contributed by atoms with van der Waals surface area (Å²) in [6, 6.07) is 11.6. The Bertz CT molecular complexity index is 981. The Morgan fingerprint density at radius 3 is 2.59 bits per heavy atom. The fourth-order valence-corrected chi connectivity index (χ4v) is 4.31. The summed E-state index contributed by atoms with van der Waals surface area (Å²) in [6.07, 6.45) is -1.22. The van der Waals surface area contributed by atoms with Gasteiger partial charge in [-0.1, -0.05) is 45.7 Å². The maximum Gasteiger partial charge on any atom is 0.265 e. The molecule has 0 aliphatic carbocycles. The maximum absolute atomic E-state index is 12.6. The normalized spacial score (nSPS) is 20.0. The second-order valence-electron chi connectivity index (χ2n) is 5.76. The van der Waals surface area contributed by atoms with Gasteiger partial charge < -0.3 is 10.1 Å². The molecule has 0 bridgehead atoms. The minimum atomic E-state index is -4.10. The van der Waals surface area contributed by atoms with Crippen molar-refractivity contribution in [2.24, 2.45) is 0 Å². The molecule has 2 aromatic rings. The van der Waals surface area contributed by atoms with Gasteiger partial charge in [-0.15, -0.1) is 0 Å². The molecule has 1 fully saturated rings. The first-order chi connectivity index (χ1) is 12.8. The van der Waals surface area contributed by atoms with Crippen molar-refractivity contribution in [2.45, 2.75) is 17.0 Å². The number of carbonyl (C=O) groups is 2. The van der Waals surface area contributed by atoms with E-state index in [1.54, 1.807) is 30.3 Å². The van der Waals surface area contributed by atoms with Crippen LogP contribution in [0.4, 0.5) is 0 Å². The minimum absolute atomic E-state index is 0.0758. The molecule has 0 spiro atoms. The van der Waals surface area contributed by atoms with Gasteiger partial charge in [0.2, 0.25) is 5.91 Å². The van der Waals surface area contributed by atoms with Crippen LogP contribution in [-0.4, -0.2) is 32.9 Å². The van der Waals surface area contributed by atoms with Crippen molar-refractivity contribution in [1.29, 1.82) is 0 Å². The number of rotatable bonds is 4. The van der Waals surface area contributed by atoms with Crippen LogP contribution < -0.4 is 10.0 Å². The standard InChI is InChI=1S/C17H14BrClN2O5S/c18-11-2-1-3-13(8-11)27(24,25)21-17(23)16-15(20-14(22)9-26-16)10-4-6-12(19)7-5-10/h1-8,15-16H,9H2,(H,20,22)(H,21,23)/t15-,16-/m1/s1. The van der Waals surface area contributed by atoms with Crippen LogP contribution in [0, 0.1) is 0 Å². The summed E-state index contributed by atoms with van der Waals surface area (Å²) in [6.45, 7) is -0.348. The lowest BCUT2D eigenvalue weighted by atomic mass is 9.99. The molecule has 0 radical (unpaired) electrons. The fraction of sp³-hybridized carbons (Fsp3) is 0.176. The molecule has 2 aromatic carbocycles. The van der Waals surface area contributed by atoms with Crippen molar-refractivity contribution >= 4 is 49.4 Å². The predicted octanol–water partition coefficient (Wildman–Crippen LogP) is 2.16. The smallest absolute Gasteiger partial charge is 0.265 e. The number of ether oxygens (including phenoxy) is 1. The van der Waals surface area contributed by atoms with Gasteiger partial charge in [0.05, 0.1) is 10.9 Å². The lowest BCUT2D eigenvalue weighted by molar-refractivity contribution is -0.146. The molecule has 3 rings (SSSR count). The Morgan fingerprint density at radius 1 is 1.22 bits per heavy atom. The van der Waals surface area contributed by atoms with Crippen molar-refractivity contribution in [1.82, 2.24) is 10.0 Å². The lowest BCUT2D eigenvalue weighted by Gasteiger charge is -2.31. The number of hydrogen-bond acceptors (Lipinski definition) is 5. The third-order valence-electron chi connectivity index (χ3n) is 3.84. The van der Waals surface area contributed by atoms with E-state index in [0.717, 1.165) is 0 Å². The number of amides is 2. The molecule has 7 nitrogen and oxygen atoms in total. The van der Waals surface area contributed by atoms with Crippen LogP contribution in [0.15, 0.2) is 57.9 Å². The molecule has 0 saturated carbocycles. The molecule has 0 unspecified atom stereocenters. The van der Waals surface area contributed by atoms with Crippen molar-refractivity contribution in [3.8, 4) is 0 Å². The summed E-state index contributed by atoms with van der Waals surface area (Å²) >= 11 is 9.05. The van der Waals surface area contributed by atoms with E-state index in [4.69, 9.17) is 16.3 Å². The topological polar surface area (TPSA) is 102 Å². The number of morpholine rings is 1. The van der Waals surface area contributed by atoms with Crippen LogP contribution in [0.25, 0.3) is 0 Å². The third-order valence-corrected chi connectivity index (χ3v) is 5.93. The van der Waals surface area contributed by atoms with Gasteiger partial charge in [0, 0.05) is 9.50 Å². The maximum atomic E-state index is 12.6. The highest BCUT2D eigenvalue weighted by Crippen LogP contribution is 2.25. The van der Waals surface area contributed by atoms with E-state index < -0.39 is 34.0 Å². The summed E-state index contributed by atoms with van der Waals surface area (Å²) < 4.78 is 32.8. The Hall–Kier alpha value is -1.94.